The molecule has 1 heterocycles. The molecule has 2 aliphatic rings. The van der Waals surface area contributed by atoms with E-state index in [1.807, 2.05) is 56.3 Å². The number of nitrogens with zero attached hydrogens (tertiary/aromatic N) is 1. The minimum Gasteiger partial charge on any atom is -0.493 e. The first-order valence-electron chi connectivity index (χ1n) is 11.3. The lowest BCUT2D eigenvalue weighted by Gasteiger charge is -2.37. The zero-order valence-electron chi connectivity index (χ0n) is 20.2. The predicted octanol–water partition coefficient (Wildman–Crippen LogP) is 5.50. The van der Waals surface area contributed by atoms with E-state index in [1.165, 1.54) is 0 Å². The number of para-hydroxylation sites is 2. The molecular formula is C27H32N2O4. The van der Waals surface area contributed by atoms with Crippen molar-refractivity contribution in [3.8, 4) is 11.5 Å². The molecule has 6 nitrogen and oxygen atoms in total. The molecule has 6 heteroatoms. The van der Waals surface area contributed by atoms with E-state index in [2.05, 4.69) is 19.2 Å². The topological polar surface area (TPSA) is 67.9 Å². The molecule has 174 valence electrons. The van der Waals surface area contributed by atoms with Crippen LogP contribution in [0.2, 0.25) is 0 Å². The molecule has 1 amide bonds. The Labute approximate surface area is 195 Å². The van der Waals surface area contributed by atoms with Gasteiger partial charge in [-0.15, -0.1) is 0 Å². The number of ketones is 1. The lowest BCUT2D eigenvalue weighted by molar-refractivity contribution is -0.122. The third-order valence-electron chi connectivity index (χ3n) is 6.36. The van der Waals surface area contributed by atoms with Gasteiger partial charge in [0.1, 0.15) is 0 Å². The number of methoxy groups -OCH3 is 2. The van der Waals surface area contributed by atoms with Crippen molar-refractivity contribution in [2.24, 2.45) is 11.3 Å². The molecule has 0 bridgehead atoms. The number of ether oxygens (including phenoxy) is 2. The lowest BCUT2D eigenvalue weighted by Crippen LogP contribution is -2.41. The van der Waals surface area contributed by atoms with Gasteiger partial charge in [-0.1, -0.05) is 45.9 Å². The second kappa shape index (κ2) is 8.58. The zero-order valence-corrected chi connectivity index (χ0v) is 20.2. The van der Waals surface area contributed by atoms with Crippen LogP contribution in [0.5, 0.6) is 11.5 Å². The summed E-state index contributed by atoms with van der Waals surface area (Å²) in [6.45, 7) is 7.98. The van der Waals surface area contributed by atoms with E-state index in [1.54, 1.807) is 19.1 Å². The molecule has 1 N–H and O–H groups in total. The molecule has 0 fully saturated rings. The first-order chi connectivity index (χ1) is 15.7. The number of hydrogen-bond acceptors (Lipinski definition) is 5. The average Bonchev–Trinajstić information content (AvgIpc) is 2.91. The first kappa shape index (κ1) is 22.9. The molecule has 1 aliphatic carbocycles. The van der Waals surface area contributed by atoms with Crippen LogP contribution < -0.4 is 19.7 Å². The Bertz CT molecular complexity index is 1130. The number of carbonyl (C=O) groups is 2. The highest BCUT2D eigenvalue weighted by molar-refractivity contribution is 6.06. The van der Waals surface area contributed by atoms with Crippen molar-refractivity contribution in [3.63, 3.8) is 0 Å². The smallest absolute Gasteiger partial charge is 0.230 e. The largest absolute Gasteiger partial charge is 0.493 e. The van der Waals surface area contributed by atoms with Crippen LogP contribution >= 0.6 is 0 Å². The number of amides is 1. The highest BCUT2D eigenvalue weighted by Gasteiger charge is 2.43. The third kappa shape index (κ3) is 4.10. The van der Waals surface area contributed by atoms with E-state index in [9.17, 15) is 9.59 Å². The number of Topliss-reactive ketones (excluding diaryl/α,β-unsaturated/α-hetero) is 1. The second-order valence-corrected chi connectivity index (χ2v) is 9.86. The van der Waals surface area contributed by atoms with Crippen LogP contribution in [0.4, 0.5) is 11.4 Å². The van der Waals surface area contributed by atoms with Crippen molar-refractivity contribution in [1.29, 1.82) is 0 Å². The van der Waals surface area contributed by atoms with Crippen LogP contribution in [0.15, 0.2) is 53.7 Å². The van der Waals surface area contributed by atoms with Crippen molar-refractivity contribution in [2.45, 2.75) is 46.6 Å². The number of allylic oxidation sites excluding steroid dienone is 1. The molecule has 2 aromatic rings. The van der Waals surface area contributed by atoms with Gasteiger partial charge in [-0.3, -0.25) is 14.5 Å². The van der Waals surface area contributed by atoms with Gasteiger partial charge in [0.25, 0.3) is 0 Å². The van der Waals surface area contributed by atoms with E-state index in [-0.39, 0.29) is 23.0 Å². The summed E-state index contributed by atoms with van der Waals surface area (Å²) in [5.41, 5.74) is 3.75. The summed E-state index contributed by atoms with van der Waals surface area (Å²) in [6.07, 6.45) is 1.15. The summed E-state index contributed by atoms with van der Waals surface area (Å²) in [7, 11) is 3.17. The molecule has 0 unspecified atom stereocenters. The van der Waals surface area contributed by atoms with Crippen molar-refractivity contribution < 1.29 is 19.1 Å². The van der Waals surface area contributed by atoms with Gasteiger partial charge in [-0.05, 0) is 41.7 Å². The van der Waals surface area contributed by atoms with Crippen LogP contribution in [0, 0.1) is 11.3 Å². The average molecular weight is 449 g/mol. The van der Waals surface area contributed by atoms with Gasteiger partial charge in [0, 0.05) is 23.6 Å². The quantitative estimate of drug-likeness (QED) is 0.669. The molecule has 2 aromatic carbocycles. The van der Waals surface area contributed by atoms with Crippen molar-refractivity contribution in [3.05, 3.63) is 59.3 Å². The Morgan fingerprint density at radius 2 is 1.76 bits per heavy atom. The Balaban J connectivity index is 2.03. The van der Waals surface area contributed by atoms with E-state index in [0.717, 1.165) is 29.1 Å². The Hall–Kier alpha value is -3.28. The fourth-order valence-corrected chi connectivity index (χ4v) is 4.85. The van der Waals surface area contributed by atoms with Crippen molar-refractivity contribution in [2.75, 3.05) is 24.4 Å². The number of nitrogens with one attached hydrogen (secondary N) is 1. The SMILES string of the molecule is COc1ccc([C@@H]2C3=C(CC(C)(C)CC3=O)Nc3ccccc3N2C(=O)C(C)C)cc1OC. The van der Waals surface area contributed by atoms with E-state index < -0.39 is 6.04 Å². The van der Waals surface area contributed by atoms with Gasteiger partial charge in [0.2, 0.25) is 5.91 Å². The van der Waals surface area contributed by atoms with E-state index in [0.29, 0.717) is 23.5 Å². The van der Waals surface area contributed by atoms with E-state index in [4.69, 9.17) is 9.47 Å². The van der Waals surface area contributed by atoms with Gasteiger partial charge in [-0.2, -0.15) is 0 Å². The fourth-order valence-electron chi connectivity index (χ4n) is 4.85. The summed E-state index contributed by atoms with van der Waals surface area (Å²) in [5.74, 6) is 0.917. The number of hydrogen-bond donors (Lipinski definition) is 1. The summed E-state index contributed by atoms with van der Waals surface area (Å²) in [6, 6.07) is 12.8. The van der Waals surface area contributed by atoms with Gasteiger partial charge >= 0.3 is 0 Å². The zero-order chi connectivity index (χ0) is 23.9. The number of anilines is 2. The third-order valence-corrected chi connectivity index (χ3v) is 6.36. The molecule has 0 aromatic heterocycles. The number of carbonyl (C=O) groups excluding carboxylic acids is 2. The Kier molecular flexibility index (Phi) is 5.95. The first-order valence-corrected chi connectivity index (χ1v) is 11.3. The highest BCUT2D eigenvalue weighted by Crippen LogP contribution is 2.49. The predicted molar refractivity (Wildman–Crippen MR) is 130 cm³/mol. The summed E-state index contributed by atoms with van der Waals surface area (Å²) >= 11 is 0. The Morgan fingerprint density at radius 1 is 1.06 bits per heavy atom. The highest BCUT2D eigenvalue weighted by atomic mass is 16.5. The minimum absolute atomic E-state index is 0.0459. The summed E-state index contributed by atoms with van der Waals surface area (Å²) in [5, 5.41) is 3.53. The molecule has 1 aliphatic heterocycles. The molecule has 0 spiro atoms. The Morgan fingerprint density at radius 3 is 2.42 bits per heavy atom. The minimum atomic E-state index is -0.575. The normalized spacial score (nSPS) is 19.4. The fraction of sp³-hybridized carbons (Fsp3) is 0.407. The van der Waals surface area contributed by atoms with Crippen molar-refractivity contribution >= 4 is 23.1 Å². The number of rotatable bonds is 4. The maximum Gasteiger partial charge on any atom is 0.230 e. The van der Waals surface area contributed by atoms with Gasteiger partial charge in [0.05, 0.1) is 31.6 Å². The van der Waals surface area contributed by atoms with Gasteiger partial charge < -0.3 is 14.8 Å². The van der Waals surface area contributed by atoms with Gasteiger partial charge in [-0.25, -0.2) is 0 Å². The maximum atomic E-state index is 13.7. The van der Waals surface area contributed by atoms with E-state index >= 15 is 0 Å². The number of fused-ring (bicyclic) bond motifs is 1. The maximum absolute atomic E-state index is 13.7. The van der Waals surface area contributed by atoms with Crippen LogP contribution in [0.3, 0.4) is 0 Å². The number of benzene rings is 2. The molecule has 0 saturated heterocycles. The van der Waals surface area contributed by atoms with Crippen LogP contribution in [-0.4, -0.2) is 25.9 Å². The summed E-state index contributed by atoms with van der Waals surface area (Å²) < 4.78 is 11.0. The standard InChI is InChI=1S/C27H32N2O4/c1-16(2)26(31)29-20-10-8-7-9-18(20)28-19-14-27(3,4)15-21(30)24(19)25(29)17-11-12-22(32-5)23(13-17)33-6/h7-13,16,25,28H,14-15H2,1-6H3/t25-/m1/s1. The molecule has 1 atom stereocenters. The van der Waals surface area contributed by atoms with Crippen LogP contribution in [-0.2, 0) is 9.59 Å². The molecule has 33 heavy (non-hydrogen) atoms. The van der Waals surface area contributed by atoms with Crippen LogP contribution in [0.1, 0.15) is 52.1 Å². The van der Waals surface area contributed by atoms with Gasteiger partial charge in [0.15, 0.2) is 17.3 Å². The monoisotopic (exact) mass is 448 g/mol. The molecule has 0 radical (unpaired) electrons. The second-order valence-electron chi connectivity index (χ2n) is 9.86. The van der Waals surface area contributed by atoms with Crippen LogP contribution in [0.25, 0.3) is 0 Å². The molecule has 4 rings (SSSR count). The lowest BCUT2D eigenvalue weighted by atomic mass is 9.73. The molecular weight excluding hydrogens is 416 g/mol. The van der Waals surface area contributed by atoms with Crippen molar-refractivity contribution in [1.82, 2.24) is 0 Å². The molecule has 0 saturated carbocycles. The summed E-state index contributed by atoms with van der Waals surface area (Å²) in [4.78, 5) is 29.1.